The number of nitrogens with zero attached hydrogens (tertiary/aromatic N) is 1. The number of hydrogen-bond acceptors (Lipinski definition) is 5. The van der Waals surface area contributed by atoms with E-state index in [1.54, 1.807) is 48.5 Å². The Balaban J connectivity index is 1.67. The van der Waals surface area contributed by atoms with Gasteiger partial charge in [0.2, 0.25) is 0 Å². The predicted octanol–water partition coefficient (Wildman–Crippen LogP) is 3.81. The van der Waals surface area contributed by atoms with Crippen molar-refractivity contribution < 1.29 is 15.0 Å². The van der Waals surface area contributed by atoms with Gasteiger partial charge in [-0.15, -0.1) is 0 Å². The monoisotopic (exact) mass is 439 g/mol. The molecule has 31 heavy (non-hydrogen) atoms. The zero-order valence-electron chi connectivity index (χ0n) is 16.0. The third-order valence-electron chi connectivity index (χ3n) is 4.67. The second kappa shape index (κ2) is 8.50. The van der Waals surface area contributed by atoms with E-state index in [1.165, 1.54) is 6.20 Å². The molecule has 0 saturated heterocycles. The second-order valence-corrected chi connectivity index (χ2v) is 7.20. The van der Waals surface area contributed by atoms with E-state index in [0.29, 0.717) is 33.0 Å². The third-order valence-corrected chi connectivity index (χ3v) is 4.91. The first-order valence-corrected chi connectivity index (χ1v) is 9.68. The van der Waals surface area contributed by atoms with E-state index in [2.05, 4.69) is 25.6 Å². The molecule has 1 atom stereocenters. The number of halogens is 1. The lowest BCUT2D eigenvalue weighted by Gasteiger charge is -2.15. The Bertz CT molecular complexity index is 1320. The topological polar surface area (TPSA) is 143 Å². The number of aromatic amines is 2. The second-order valence-electron chi connectivity index (χ2n) is 6.76. The van der Waals surface area contributed by atoms with E-state index in [9.17, 15) is 14.7 Å². The van der Waals surface area contributed by atoms with Crippen LogP contribution in [0.25, 0.3) is 22.4 Å². The minimum absolute atomic E-state index is 0.128. The summed E-state index contributed by atoms with van der Waals surface area (Å²) in [5, 5.41) is 25.4. The predicted molar refractivity (Wildman–Crippen MR) is 119 cm³/mol. The number of carboxylic acid groups (broad SMARTS) is 1. The van der Waals surface area contributed by atoms with Gasteiger partial charge in [0.25, 0.3) is 5.56 Å². The summed E-state index contributed by atoms with van der Waals surface area (Å²) in [6.07, 6.45) is -0.583. The first-order valence-electron chi connectivity index (χ1n) is 9.30. The number of anilines is 2. The number of H-pyrrole nitrogens is 2. The van der Waals surface area contributed by atoms with Crippen LogP contribution in [-0.2, 0) is 0 Å². The average molecular weight is 440 g/mol. The molecule has 0 unspecified atom stereocenters. The standard InChI is InChI=1S/C21H18ClN5O4/c22-12-4-1-3-11(9-12)16(28)10-24-13-7-8-23-20(29)17(13)19-25-14-5-2-6-15(18(14)27-19)26-21(30)31/h1-9,16,26,28H,10H2,(H,25,27)(H,30,31)(H2,23,24,29)/t16-/m0/s1. The van der Waals surface area contributed by atoms with E-state index in [0.717, 1.165) is 0 Å². The van der Waals surface area contributed by atoms with Crippen molar-refractivity contribution in [2.75, 3.05) is 17.2 Å². The summed E-state index contributed by atoms with van der Waals surface area (Å²) in [7, 11) is 0. The first-order chi connectivity index (χ1) is 14.9. The first kappa shape index (κ1) is 20.5. The summed E-state index contributed by atoms with van der Waals surface area (Å²) < 4.78 is 0. The van der Waals surface area contributed by atoms with Crippen molar-refractivity contribution in [3.63, 3.8) is 0 Å². The lowest BCUT2D eigenvalue weighted by Crippen LogP contribution is -2.17. The number of amides is 1. The molecule has 4 rings (SSSR count). The van der Waals surface area contributed by atoms with Crippen molar-refractivity contribution in [2.45, 2.75) is 6.10 Å². The molecule has 0 aliphatic carbocycles. The number of aliphatic hydroxyl groups is 1. The Morgan fingerprint density at radius 1 is 1.16 bits per heavy atom. The van der Waals surface area contributed by atoms with Crippen molar-refractivity contribution in [1.82, 2.24) is 15.0 Å². The highest BCUT2D eigenvalue weighted by atomic mass is 35.5. The van der Waals surface area contributed by atoms with Gasteiger partial charge in [-0.05, 0) is 35.9 Å². The maximum Gasteiger partial charge on any atom is 0.409 e. The molecule has 4 aromatic rings. The van der Waals surface area contributed by atoms with E-state index in [4.69, 9.17) is 16.7 Å². The Morgan fingerprint density at radius 3 is 2.74 bits per heavy atom. The Morgan fingerprint density at radius 2 is 1.97 bits per heavy atom. The van der Waals surface area contributed by atoms with E-state index >= 15 is 0 Å². The van der Waals surface area contributed by atoms with Crippen molar-refractivity contribution in [3.8, 4) is 11.4 Å². The molecular formula is C21H18ClN5O4. The van der Waals surface area contributed by atoms with Crippen LogP contribution in [-0.4, -0.2) is 37.8 Å². The van der Waals surface area contributed by atoms with Crippen LogP contribution in [0, 0.1) is 0 Å². The maximum absolute atomic E-state index is 12.6. The Kier molecular flexibility index (Phi) is 5.61. The molecule has 0 spiro atoms. The summed E-state index contributed by atoms with van der Waals surface area (Å²) in [6, 6.07) is 13.5. The van der Waals surface area contributed by atoms with Crippen molar-refractivity contribution in [1.29, 1.82) is 0 Å². The fraction of sp³-hybridized carbons (Fsp3) is 0.0952. The smallest absolute Gasteiger partial charge is 0.409 e. The number of imidazole rings is 1. The van der Waals surface area contributed by atoms with Gasteiger partial charge in [-0.3, -0.25) is 10.1 Å². The van der Waals surface area contributed by atoms with Crippen LogP contribution in [0.3, 0.4) is 0 Å². The fourth-order valence-electron chi connectivity index (χ4n) is 3.27. The van der Waals surface area contributed by atoms with Crippen molar-refractivity contribution in [3.05, 3.63) is 75.7 Å². The molecule has 158 valence electrons. The number of pyridine rings is 1. The van der Waals surface area contributed by atoms with Gasteiger partial charge in [0.1, 0.15) is 16.9 Å². The van der Waals surface area contributed by atoms with E-state index in [1.807, 2.05) is 0 Å². The van der Waals surface area contributed by atoms with Gasteiger partial charge in [0.05, 0.1) is 23.0 Å². The molecule has 2 heterocycles. The molecule has 0 aliphatic rings. The molecule has 10 heteroatoms. The highest BCUT2D eigenvalue weighted by Crippen LogP contribution is 2.28. The van der Waals surface area contributed by atoms with Crippen LogP contribution in [0.2, 0.25) is 5.02 Å². The summed E-state index contributed by atoms with van der Waals surface area (Å²) in [4.78, 5) is 33.7. The quantitative estimate of drug-likeness (QED) is 0.269. The van der Waals surface area contributed by atoms with Crippen molar-refractivity contribution >= 4 is 40.1 Å². The molecule has 1 amide bonds. The summed E-state index contributed by atoms with van der Waals surface area (Å²) in [5.41, 5.74) is 2.18. The van der Waals surface area contributed by atoms with E-state index in [-0.39, 0.29) is 17.9 Å². The summed E-state index contributed by atoms with van der Waals surface area (Å²) in [6.45, 7) is 0.128. The van der Waals surface area contributed by atoms with Crippen LogP contribution in [0.4, 0.5) is 16.2 Å². The van der Waals surface area contributed by atoms with Crippen LogP contribution in [0.15, 0.2) is 59.5 Å². The fourth-order valence-corrected chi connectivity index (χ4v) is 3.46. The zero-order valence-corrected chi connectivity index (χ0v) is 16.8. The third kappa shape index (κ3) is 4.37. The van der Waals surface area contributed by atoms with Gasteiger partial charge < -0.3 is 25.5 Å². The van der Waals surface area contributed by atoms with E-state index < -0.39 is 17.8 Å². The molecule has 0 aliphatic heterocycles. The number of aromatic nitrogens is 3. The zero-order chi connectivity index (χ0) is 22.0. The van der Waals surface area contributed by atoms with Gasteiger partial charge in [-0.2, -0.15) is 0 Å². The molecule has 2 aromatic carbocycles. The number of para-hydroxylation sites is 1. The number of fused-ring (bicyclic) bond motifs is 1. The van der Waals surface area contributed by atoms with Gasteiger partial charge >= 0.3 is 6.09 Å². The number of hydrogen-bond donors (Lipinski definition) is 6. The van der Waals surface area contributed by atoms with Crippen LogP contribution < -0.4 is 16.2 Å². The van der Waals surface area contributed by atoms with Gasteiger partial charge in [0.15, 0.2) is 0 Å². The van der Waals surface area contributed by atoms with Crippen molar-refractivity contribution in [2.24, 2.45) is 0 Å². The Labute approximate surface area is 180 Å². The molecule has 9 nitrogen and oxygen atoms in total. The molecule has 0 saturated carbocycles. The summed E-state index contributed by atoms with van der Waals surface area (Å²) in [5.74, 6) is 0.260. The molecule has 0 bridgehead atoms. The number of benzene rings is 2. The largest absolute Gasteiger partial charge is 0.465 e. The van der Waals surface area contributed by atoms with Crippen LogP contribution >= 0.6 is 11.6 Å². The lowest BCUT2D eigenvalue weighted by atomic mass is 10.1. The van der Waals surface area contributed by atoms with Gasteiger partial charge in [-0.25, -0.2) is 9.78 Å². The number of aliphatic hydroxyl groups excluding tert-OH is 1. The maximum atomic E-state index is 12.6. The molecule has 6 N–H and O–H groups in total. The minimum Gasteiger partial charge on any atom is -0.465 e. The SMILES string of the molecule is O=C(O)Nc1cccc2[nH]c(-c3c(NC[C@H](O)c4cccc(Cl)c4)cc[nH]c3=O)nc12. The lowest BCUT2D eigenvalue weighted by molar-refractivity contribution is 0.191. The van der Waals surface area contributed by atoms with Gasteiger partial charge in [-0.1, -0.05) is 29.8 Å². The highest BCUT2D eigenvalue weighted by Gasteiger charge is 2.17. The molecular weight excluding hydrogens is 422 g/mol. The minimum atomic E-state index is -1.22. The molecule has 0 radical (unpaired) electrons. The molecule has 0 fully saturated rings. The molecule has 2 aromatic heterocycles. The number of carbonyl (C=O) groups is 1. The average Bonchev–Trinajstić information content (AvgIpc) is 3.16. The number of nitrogens with one attached hydrogen (secondary N) is 4. The number of rotatable bonds is 6. The van der Waals surface area contributed by atoms with Crippen LogP contribution in [0.1, 0.15) is 11.7 Å². The highest BCUT2D eigenvalue weighted by molar-refractivity contribution is 6.30. The van der Waals surface area contributed by atoms with Crippen LogP contribution in [0.5, 0.6) is 0 Å². The normalized spacial score (nSPS) is 11.9. The van der Waals surface area contributed by atoms with Gasteiger partial charge in [0, 0.05) is 17.8 Å². The Hall–Kier alpha value is -3.82. The summed E-state index contributed by atoms with van der Waals surface area (Å²) >= 11 is 5.98.